The normalized spacial score (nSPS) is 26.5. The van der Waals surface area contributed by atoms with Gasteiger partial charge in [0.05, 0.1) is 12.7 Å². The standard InChI is InChI=1S/C8H17NOSi/c1-7(8-5-6-10-8)9-11(2,3)4/h8H,5-6H2,1-4H3. The largest absolute Gasteiger partial charge is 0.372 e. The molecule has 0 saturated carbocycles. The Morgan fingerprint density at radius 1 is 1.45 bits per heavy atom. The second kappa shape index (κ2) is 3.07. The van der Waals surface area contributed by atoms with Gasteiger partial charge in [0.1, 0.15) is 0 Å². The van der Waals surface area contributed by atoms with Gasteiger partial charge in [0.25, 0.3) is 0 Å². The number of ether oxygens (including phenoxy) is 1. The molecule has 1 unspecified atom stereocenters. The van der Waals surface area contributed by atoms with E-state index in [1.807, 2.05) is 0 Å². The summed E-state index contributed by atoms with van der Waals surface area (Å²) in [5, 5.41) is 0. The third-order valence-electron chi connectivity index (χ3n) is 1.68. The van der Waals surface area contributed by atoms with Crippen LogP contribution in [0.15, 0.2) is 4.66 Å². The Morgan fingerprint density at radius 2 is 2.00 bits per heavy atom. The smallest absolute Gasteiger partial charge is 0.172 e. The molecule has 0 aromatic rings. The van der Waals surface area contributed by atoms with Crippen molar-refractivity contribution in [3.63, 3.8) is 0 Å². The highest BCUT2D eigenvalue weighted by Gasteiger charge is 2.22. The highest BCUT2D eigenvalue weighted by Crippen LogP contribution is 2.14. The van der Waals surface area contributed by atoms with Gasteiger partial charge in [-0.15, -0.1) is 0 Å². The van der Waals surface area contributed by atoms with Gasteiger partial charge in [-0.3, -0.25) is 0 Å². The summed E-state index contributed by atoms with van der Waals surface area (Å²) < 4.78 is 9.99. The van der Waals surface area contributed by atoms with Crippen LogP contribution in [0.2, 0.25) is 19.6 Å². The van der Waals surface area contributed by atoms with Gasteiger partial charge >= 0.3 is 0 Å². The molecular weight excluding hydrogens is 154 g/mol. The zero-order valence-electron chi connectivity index (χ0n) is 7.85. The van der Waals surface area contributed by atoms with Gasteiger partial charge in [-0.1, -0.05) is 0 Å². The van der Waals surface area contributed by atoms with Gasteiger partial charge in [-0.2, -0.15) is 0 Å². The van der Waals surface area contributed by atoms with E-state index in [-0.39, 0.29) is 0 Å². The molecule has 3 heteroatoms. The fourth-order valence-corrected chi connectivity index (χ4v) is 2.37. The summed E-state index contributed by atoms with van der Waals surface area (Å²) in [5.74, 6) is 0. The van der Waals surface area contributed by atoms with Crippen molar-refractivity contribution in [3.8, 4) is 0 Å². The average Bonchev–Trinajstić information content (AvgIpc) is 1.50. The van der Waals surface area contributed by atoms with E-state index in [0.717, 1.165) is 6.61 Å². The Hall–Kier alpha value is -0.153. The molecule has 64 valence electrons. The van der Waals surface area contributed by atoms with Crippen molar-refractivity contribution in [2.24, 2.45) is 4.66 Å². The maximum Gasteiger partial charge on any atom is 0.172 e. The summed E-state index contributed by atoms with van der Waals surface area (Å²) in [6.45, 7) is 9.74. The van der Waals surface area contributed by atoms with E-state index < -0.39 is 8.24 Å². The van der Waals surface area contributed by atoms with Crippen LogP contribution in [-0.2, 0) is 4.74 Å². The van der Waals surface area contributed by atoms with Gasteiger partial charge in [0, 0.05) is 12.1 Å². The SMILES string of the molecule is CC(=N[Si](C)(C)C)C1CCO1. The van der Waals surface area contributed by atoms with Crippen LogP contribution < -0.4 is 0 Å². The third kappa shape index (κ3) is 2.75. The molecule has 0 N–H and O–H groups in total. The van der Waals surface area contributed by atoms with Gasteiger partial charge in [-0.25, -0.2) is 0 Å². The van der Waals surface area contributed by atoms with Crippen molar-refractivity contribution in [1.82, 2.24) is 0 Å². The molecule has 0 spiro atoms. The van der Waals surface area contributed by atoms with Crippen LogP contribution in [0.4, 0.5) is 0 Å². The molecule has 0 bridgehead atoms. The zero-order valence-corrected chi connectivity index (χ0v) is 8.85. The van der Waals surface area contributed by atoms with Gasteiger partial charge < -0.3 is 9.39 Å². The molecule has 0 aliphatic carbocycles. The fourth-order valence-electron chi connectivity index (χ4n) is 1.17. The predicted octanol–water partition coefficient (Wildman–Crippen LogP) is 2.07. The molecule has 1 saturated heterocycles. The monoisotopic (exact) mass is 171 g/mol. The van der Waals surface area contributed by atoms with E-state index >= 15 is 0 Å². The summed E-state index contributed by atoms with van der Waals surface area (Å²) >= 11 is 0. The van der Waals surface area contributed by atoms with Gasteiger partial charge in [-0.05, 0) is 26.6 Å². The van der Waals surface area contributed by atoms with Crippen molar-refractivity contribution >= 4 is 13.9 Å². The molecule has 0 amide bonds. The summed E-state index contributed by atoms with van der Waals surface area (Å²) in [6.07, 6.45) is 1.52. The average molecular weight is 171 g/mol. The van der Waals surface area contributed by atoms with Crippen molar-refractivity contribution in [3.05, 3.63) is 0 Å². The number of rotatable bonds is 2. The molecule has 0 aromatic heterocycles. The van der Waals surface area contributed by atoms with Crippen LogP contribution in [0.25, 0.3) is 0 Å². The number of hydrogen-bond donors (Lipinski definition) is 0. The minimum Gasteiger partial charge on any atom is -0.372 e. The summed E-state index contributed by atoms with van der Waals surface area (Å²) in [5.41, 5.74) is 1.20. The minimum absolute atomic E-state index is 0.349. The molecule has 0 radical (unpaired) electrons. The first kappa shape index (κ1) is 8.94. The van der Waals surface area contributed by atoms with Gasteiger partial charge in [0.15, 0.2) is 8.24 Å². The van der Waals surface area contributed by atoms with E-state index in [2.05, 4.69) is 31.2 Å². The fraction of sp³-hybridized carbons (Fsp3) is 0.875. The van der Waals surface area contributed by atoms with Crippen LogP contribution in [0, 0.1) is 0 Å². The lowest BCUT2D eigenvalue weighted by Gasteiger charge is -2.27. The Kier molecular flexibility index (Phi) is 2.49. The summed E-state index contributed by atoms with van der Waals surface area (Å²) in [7, 11) is -1.26. The van der Waals surface area contributed by atoms with Crippen molar-refractivity contribution < 1.29 is 4.74 Å². The van der Waals surface area contributed by atoms with Crippen LogP contribution in [-0.4, -0.2) is 26.7 Å². The Bertz CT molecular complexity index is 167. The van der Waals surface area contributed by atoms with E-state index in [4.69, 9.17) is 4.74 Å². The van der Waals surface area contributed by atoms with E-state index in [9.17, 15) is 0 Å². The molecule has 1 fully saturated rings. The molecular formula is C8H17NOSi. The van der Waals surface area contributed by atoms with E-state index in [1.54, 1.807) is 0 Å². The predicted molar refractivity (Wildman–Crippen MR) is 50.8 cm³/mol. The minimum atomic E-state index is -1.26. The highest BCUT2D eigenvalue weighted by molar-refractivity contribution is 6.75. The van der Waals surface area contributed by atoms with E-state index in [1.165, 1.54) is 12.1 Å². The third-order valence-corrected chi connectivity index (χ3v) is 2.70. The Balaban J connectivity index is 2.50. The highest BCUT2D eigenvalue weighted by atomic mass is 28.3. The Morgan fingerprint density at radius 3 is 2.27 bits per heavy atom. The molecule has 2 nitrogen and oxygen atoms in total. The molecule has 1 aliphatic heterocycles. The molecule has 1 aliphatic rings. The summed E-state index contributed by atoms with van der Waals surface area (Å²) in [4.78, 5) is 0. The maximum absolute atomic E-state index is 5.33. The first-order valence-electron chi connectivity index (χ1n) is 4.17. The molecule has 0 aromatic carbocycles. The van der Waals surface area contributed by atoms with E-state index in [0.29, 0.717) is 6.10 Å². The first-order chi connectivity index (χ1) is 4.99. The topological polar surface area (TPSA) is 21.6 Å². The quantitative estimate of drug-likeness (QED) is 0.460. The van der Waals surface area contributed by atoms with Crippen molar-refractivity contribution in [1.29, 1.82) is 0 Å². The van der Waals surface area contributed by atoms with Crippen LogP contribution >= 0.6 is 0 Å². The second-order valence-electron chi connectivity index (χ2n) is 4.07. The van der Waals surface area contributed by atoms with Crippen LogP contribution in [0.5, 0.6) is 0 Å². The lowest BCUT2D eigenvalue weighted by molar-refractivity contribution is -0.00580. The maximum atomic E-state index is 5.33. The lowest BCUT2D eigenvalue weighted by Crippen LogP contribution is -2.35. The van der Waals surface area contributed by atoms with Crippen LogP contribution in [0.3, 0.4) is 0 Å². The van der Waals surface area contributed by atoms with Crippen LogP contribution in [0.1, 0.15) is 13.3 Å². The molecule has 1 rings (SSSR count). The number of nitrogens with zero attached hydrogens (tertiary/aromatic N) is 1. The zero-order chi connectivity index (χ0) is 8.48. The first-order valence-corrected chi connectivity index (χ1v) is 7.62. The molecule has 11 heavy (non-hydrogen) atoms. The lowest BCUT2D eigenvalue weighted by atomic mass is 10.1. The van der Waals surface area contributed by atoms with Crippen molar-refractivity contribution in [2.75, 3.05) is 6.61 Å². The summed E-state index contributed by atoms with van der Waals surface area (Å²) in [6, 6.07) is 0. The number of hydrogen-bond acceptors (Lipinski definition) is 2. The van der Waals surface area contributed by atoms with Crippen molar-refractivity contribution in [2.45, 2.75) is 39.1 Å². The Labute approximate surface area is 69.8 Å². The molecule has 1 atom stereocenters. The molecule has 1 heterocycles. The van der Waals surface area contributed by atoms with Gasteiger partial charge in [0.2, 0.25) is 0 Å². The second-order valence-corrected chi connectivity index (χ2v) is 8.64.